The predicted molar refractivity (Wildman–Crippen MR) is 110 cm³/mol. The fraction of sp³-hybridized carbons (Fsp3) is 0.182. The van der Waals surface area contributed by atoms with Crippen molar-refractivity contribution in [3.63, 3.8) is 0 Å². The van der Waals surface area contributed by atoms with Gasteiger partial charge in [-0.25, -0.2) is 9.50 Å². The van der Waals surface area contributed by atoms with Crippen molar-refractivity contribution >= 4 is 11.6 Å². The third kappa shape index (κ3) is 3.54. The molecule has 3 aromatic heterocycles. The Kier molecular flexibility index (Phi) is 4.71. The Morgan fingerprint density at radius 1 is 1.03 bits per heavy atom. The summed E-state index contributed by atoms with van der Waals surface area (Å²) in [4.78, 5) is 18.8. The molecule has 0 radical (unpaired) electrons. The summed E-state index contributed by atoms with van der Waals surface area (Å²) in [5, 5.41) is 11.3. The molecule has 4 heterocycles. The van der Waals surface area contributed by atoms with Gasteiger partial charge in [0.1, 0.15) is 5.69 Å². The van der Waals surface area contributed by atoms with Crippen LogP contribution < -0.4 is 0 Å². The number of nitrogens with one attached hydrogen (secondary N) is 1. The highest BCUT2D eigenvalue weighted by Crippen LogP contribution is 2.19. The van der Waals surface area contributed by atoms with E-state index in [2.05, 4.69) is 32.1 Å². The van der Waals surface area contributed by atoms with Crippen LogP contribution in [0.4, 0.5) is 0 Å². The van der Waals surface area contributed by atoms with Crippen molar-refractivity contribution in [2.75, 3.05) is 26.3 Å². The van der Waals surface area contributed by atoms with Crippen LogP contribution in [0.2, 0.25) is 0 Å². The van der Waals surface area contributed by atoms with E-state index in [9.17, 15) is 4.79 Å². The van der Waals surface area contributed by atoms with Crippen LogP contribution in [0.3, 0.4) is 0 Å². The molecule has 1 aliphatic rings. The molecule has 148 valence electrons. The van der Waals surface area contributed by atoms with Crippen LogP contribution in [-0.4, -0.2) is 61.9 Å². The van der Waals surface area contributed by atoms with Gasteiger partial charge in [-0.3, -0.25) is 9.89 Å². The van der Waals surface area contributed by atoms with Gasteiger partial charge in [0.25, 0.3) is 5.91 Å². The lowest BCUT2D eigenvalue weighted by Crippen LogP contribution is -2.40. The smallest absolute Gasteiger partial charge is 0.254 e. The van der Waals surface area contributed by atoms with Gasteiger partial charge in [-0.1, -0.05) is 18.1 Å². The van der Waals surface area contributed by atoms with E-state index in [1.54, 1.807) is 23.1 Å². The van der Waals surface area contributed by atoms with E-state index in [0.717, 1.165) is 16.8 Å². The van der Waals surface area contributed by atoms with Crippen LogP contribution >= 0.6 is 0 Å². The number of carbonyl (C=O) groups excluding carboxylic acids is 1. The molecule has 0 atom stereocenters. The molecule has 8 nitrogen and oxygen atoms in total. The second-order valence-corrected chi connectivity index (χ2v) is 6.85. The van der Waals surface area contributed by atoms with E-state index in [1.807, 2.05) is 41.3 Å². The molecule has 1 saturated heterocycles. The van der Waals surface area contributed by atoms with Gasteiger partial charge >= 0.3 is 0 Å². The first-order valence-electron chi connectivity index (χ1n) is 9.61. The van der Waals surface area contributed by atoms with Crippen LogP contribution in [0.5, 0.6) is 0 Å². The van der Waals surface area contributed by atoms with Gasteiger partial charge < -0.3 is 9.64 Å². The normalized spacial score (nSPS) is 13.8. The predicted octanol–water partition coefficient (Wildman–Crippen LogP) is 1.99. The molecule has 0 saturated carbocycles. The molecule has 0 spiro atoms. The molecule has 30 heavy (non-hydrogen) atoms. The maximum atomic E-state index is 12.6. The van der Waals surface area contributed by atoms with E-state index < -0.39 is 0 Å². The zero-order valence-corrected chi connectivity index (χ0v) is 16.1. The first kappa shape index (κ1) is 18.1. The molecule has 8 heteroatoms. The molecule has 4 aromatic rings. The van der Waals surface area contributed by atoms with Crippen LogP contribution in [-0.2, 0) is 4.74 Å². The molecule has 1 amide bonds. The third-order valence-corrected chi connectivity index (χ3v) is 4.92. The average molecular weight is 398 g/mol. The fourth-order valence-corrected chi connectivity index (χ4v) is 3.30. The highest BCUT2D eigenvalue weighted by Gasteiger charge is 2.18. The second-order valence-electron chi connectivity index (χ2n) is 6.85. The number of rotatable bonds is 2. The zero-order valence-electron chi connectivity index (χ0n) is 16.1. The Labute approximate surface area is 172 Å². The minimum absolute atomic E-state index is 0.0275. The molecule has 1 aromatic carbocycles. The summed E-state index contributed by atoms with van der Waals surface area (Å²) in [5.74, 6) is 6.14. The van der Waals surface area contributed by atoms with E-state index >= 15 is 0 Å². The molecule has 0 bridgehead atoms. The number of hydrogen-bond donors (Lipinski definition) is 1. The Hall–Kier alpha value is -3.96. The molecular formula is C22H18N6O2. The SMILES string of the molecule is O=C(c1ccc(-c2ccc3ncc(C#Cc4cn[nH]c4)n3n2)cc1)N1CCOCC1. The monoisotopic (exact) mass is 398 g/mol. The van der Waals surface area contributed by atoms with E-state index in [4.69, 9.17) is 4.74 Å². The van der Waals surface area contributed by atoms with Crippen LogP contribution in [0, 0.1) is 11.8 Å². The number of amides is 1. The van der Waals surface area contributed by atoms with Gasteiger partial charge in [-0.05, 0) is 30.2 Å². The van der Waals surface area contributed by atoms with Crippen molar-refractivity contribution in [2.45, 2.75) is 0 Å². The quantitative estimate of drug-likeness (QED) is 0.522. The summed E-state index contributed by atoms with van der Waals surface area (Å²) >= 11 is 0. The zero-order chi connectivity index (χ0) is 20.3. The standard InChI is InChI=1S/C22H18N6O2/c29-22(27-9-11-30-12-10-27)18-4-2-17(3-5-18)20-7-8-21-23-15-19(28(21)26-20)6-1-16-13-24-25-14-16/h2-5,7-8,13-15H,9-12H2,(H,24,25). The van der Waals surface area contributed by atoms with Crippen LogP contribution in [0.25, 0.3) is 16.9 Å². The molecule has 5 rings (SSSR count). The summed E-state index contributed by atoms with van der Waals surface area (Å²) in [6.45, 7) is 2.43. The Morgan fingerprint density at radius 3 is 2.63 bits per heavy atom. The third-order valence-electron chi connectivity index (χ3n) is 4.92. The van der Waals surface area contributed by atoms with Gasteiger partial charge in [-0.15, -0.1) is 0 Å². The summed E-state index contributed by atoms with van der Waals surface area (Å²) in [6, 6.07) is 11.3. The maximum absolute atomic E-state index is 12.6. The van der Waals surface area contributed by atoms with Crippen LogP contribution in [0.15, 0.2) is 55.0 Å². The molecule has 0 aliphatic carbocycles. The number of aromatic nitrogens is 5. The lowest BCUT2D eigenvalue weighted by atomic mass is 10.1. The summed E-state index contributed by atoms with van der Waals surface area (Å²) < 4.78 is 7.03. The van der Waals surface area contributed by atoms with Crippen molar-refractivity contribution in [2.24, 2.45) is 0 Å². The number of benzene rings is 1. The van der Waals surface area contributed by atoms with Crippen molar-refractivity contribution in [1.29, 1.82) is 0 Å². The molecule has 1 N–H and O–H groups in total. The summed E-state index contributed by atoms with van der Waals surface area (Å²) in [7, 11) is 0. The lowest BCUT2D eigenvalue weighted by Gasteiger charge is -2.26. The van der Waals surface area contributed by atoms with Crippen molar-refractivity contribution < 1.29 is 9.53 Å². The number of carbonyl (C=O) groups is 1. The van der Waals surface area contributed by atoms with E-state index in [0.29, 0.717) is 43.2 Å². The van der Waals surface area contributed by atoms with Gasteiger partial charge in [0, 0.05) is 30.4 Å². The van der Waals surface area contributed by atoms with Crippen molar-refractivity contribution in [3.05, 3.63) is 71.8 Å². The van der Waals surface area contributed by atoms with E-state index in [-0.39, 0.29) is 5.91 Å². The minimum atomic E-state index is 0.0275. The minimum Gasteiger partial charge on any atom is -0.378 e. The summed E-state index contributed by atoms with van der Waals surface area (Å²) in [6.07, 6.45) is 5.09. The Bertz CT molecular complexity index is 1240. The first-order chi connectivity index (χ1) is 14.8. The number of morpholine rings is 1. The second kappa shape index (κ2) is 7.81. The number of aromatic amines is 1. The van der Waals surface area contributed by atoms with Crippen molar-refractivity contribution in [1.82, 2.24) is 29.7 Å². The Balaban J connectivity index is 1.41. The number of nitrogens with zero attached hydrogens (tertiary/aromatic N) is 5. The summed E-state index contributed by atoms with van der Waals surface area (Å²) in [5.41, 5.74) is 4.55. The van der Waals surface area contributed by atoms with Gasteiger partial charge in [0.05, 0.1) is 36.9 Å². The number of imidazole rings is 1. The molecular weight excluding hydrogens is 380 g/mol. The topological polar surface area (TPSA) is 88.4 Å². The van der Waals surface area contributed by atoms with E-state index in [1.165, 1.54) is 0 Å². The van der Waals surface area contributed by atoms with Gasteiger partial charge in [-0.2, -0.15) is 10.2 Å². The van der Waals surface area contributed by atoms with Gasteiger partial charge in [0.15, 0.2) is 5.65 Å². The highest BCUT2D eigenvalue weighted by molar-refractivity contribution is 5.94. The largest absolute Gasteiger partial charge is 0.378 e. The fourth-order valence-electron chi connectivity index (χ4n) is 3.30. The number of hydrogen-bond acceptors (Lipinski definition) is 5. The molecule has 1 aliphatic heterocycles. The van der Waals surface area contributed by atoms with Crippen LogP contribution in [0.1, 0.15) is 21.6 Å². The first-order valence-corrected chi connectivity index (χ1v) is 9.61. The average Bonchev–Trinajstić information content (AvgIpc) is 3.47. The molecule has 1 fully saturated rings. The number of fused-ring (bicyclic) bond motifs is 1. The maximum Gasteiger partial charge on any atom is 0.254 e. The number of H-pyrrole nitrogens is 1. The van der Waals surface area contributed by atoms with Crippen molar-refractivity contribution in [3.8, 4) is 23.1 Å². The van der Waals surface area contributed by atoms with Gasteiger partial charge in [0.2, 0.25) is 0 Å². The molecule has 0 unspecified atom stereocenters. The Morgan fingerprint density at radius 2 is 1.87 bits per heavy atom. The lowest BCUT2D eigenvalue weighted by molar-refractivity contribution is 0.0303. The number of ether oxygens (including phenoxy) is 1. The highest BCUT2D eigenvalue weighted by atomic mass is 16.5.